The van der Waals surface area contributed by atoms with Gasteiger partial charge in [0.2, 0.25) is 0 Å². The lowest BCUT2D eigenvalue weighted by Gasteiger charge is -2.37. The third kappa shape index (κ3) is 11.4. The Hall–Kier alpha value is -7.58. The minimum absolute atomic E-state index is 0.138. The Morgan fingerprint density at radius 1 is 0.521 bits per heavy atom. The molecule has 7 aromatic carbocycles. The fourth-order valence-corrected chi connectivity index (χ4v) is 10.4. The Labute approximate surface area is 432 Å². The van der Waals surface area contributed by atoms with Crippen molar-refractivity contribution in [3.05, 3.63) is 206 Å². The molecule has 2 N–H and O–H groups in total. The molecule has 7 rings (SSSR count). The Kier molecular flexibility index (Phi) is 16.4. The van der Waals surface area contributed by atoms with Crippen LogP contribution in [0, 0.1) is 27.7 Å². The summed E-state index contributed by atoms with van der Waals surface area (Å²) in [6.07, 6.45) is 5.88. The SMILES string of the molecule is CCCC(CC)(NC(=O)c1ccc(Oc2ccc(C(C)(C)c3ccc(Oc4ccc(C=O)c(C(=O)Nc5ccc(-c6ccc(C(C)(CC)CC)c(C)c6)cc5C)c4)cc3)cc2)cc1C=O)c1c(C)cccc1C. The molecule has 0 radical (unpaired) electrons. The average Bonchev–Trinajstić information content (AvgIpc) is 3.39. The van der Waals surface area contributed by atoms with E-state index in [9.17, 15) is 19.2 Å². The van der Waals surface area contributed by atoms with Gasteiger partial charge < -0.3 is 20.1 Å². The Bertz CT molecular complexity index is 3130. The molecule has 0 bridgehead atoms. The number of aldehydes is 2. The molecule has 0 heterocycles. The van der Waals surface area contributed by atoms with Gasteiger partial charge in [-0.3, -0.25) is 19.2 Å². The van der Waals surface area contributed by atoms with Crippen molar-refractivity contribution < 1.29 is 28.7 Å². The van der Waals surface area contributed by atoms with Gasteiger partial charge in [-0.1, -0.05) is 122 Å². The molecule has 73 heavy (non-hydrogen) atoms. The second-order valence-electron chi connectivity index (χ2n) is 20.3. The summed E-state index contributed by atoms with van der Waals surface area (Å²) in [7, 11) is 0. The van der Waals surface area contributed by atoms with E-state index in [-0.39, 0.29) is 28.0 Å². The van der Waals surface area contributed by atoms with E-state index in [0.29, 0.717) is 53.2 Å². The van der Waals surface area contributed by atoms with Gasteiger partial charge in [-0.2, -0.15) is 0 Å². The van der Waals surface area contributed by atoms with Crippen LogP contribution >= 0.6 is 0 Å². The van der Waals surface area contributed by atoms with Crippen LogP contribution in [0.15, 0.2) is 140 Å². The minimum atomic E-state index is -0.575. The van der Waals surface area contributed by atoms with Crippen LogP contribution in [0.25, 0.3) is 11.1 Å². The van der Waals surface area contributed by atoms with Crippen molar-refractivity contribution >= 4 is 30.1 Å². The first kappa shape index (κ1) is 53.2. The number of ether oxygens (including phenoxy) is 2. The van der Waals surface area contributed by atoms with Crippen molar-refractivity contribution in [2.75, 3.05) is 5.32 Å². The first-order chi connectivity index (χ1) is 34.9. The number of hydrogen-bond acceptors (Lipinski definition) is 6. The normalized spacial score (nSPS) is 12.4. The molecule has 8 nitrogen and oxygen atoms in total. The van der Waals surface area contributed by atoms with Gasteiger partial charge in [-0.25, -0.2) is 0 Å². The van der Waals surface area contributed by atoms with Crippen LogP contribution in [0.2, 0.25) is 0 Å². The summed E-state index contributed by atoms with van der Waals surface area (Å²) < 4.78 is 12.5. The fraction of sp³-hybridized carbons (Fsp3) is 0.292. The third-order valence-electron chi connectivity index (χ3n) is 15.3. The highest BCUT2D eigenvalue weighted by Gasteiger charge is 2.35. The summed E-state index contributed by atoms with van der Waals surface area (Å²) in [5.74, 6) is 1.31. The first-order valence-electron chi connectivity index (χ1n) is 25.6. The molecule has 0 fully saturated rings. The highest BCUT2D eigenvalue weighted by atomic mass is 16.5. The van der Waals surface area contributed by atoms with Crippen LogP contribution in [0.5, 0.6) is 23.0 Å². The van der Waals surface area contributed by atoms with E-state index in [2.05, 4.69) is 116 Å². The highest BCUT2D eigenvalue weighted by Crippen LogP contribution is 2.39. The minimum Gasteiger partial charge on any atom is -0.457 e. The van der Waals surface area contributed by atoms with Crippen LogP contribution in [0.3, 0.4) is 0 Å². The monoisotopic (exact) mass is 975 g/mol. The highest BCUT2D eigenvalue weighted by molar-refractivity contribution is 6.09. The van der Waals surface area contributed by atoms with Gasteiger partial charge in [-0.05, 0) is 187 Å². The van der Waals surface area contributed by atoms with Gasteiger partial charge in [0.15, 0.2) is 12.6 Å². The average molecular weight is 975 g/mol. The van der Waals surface area contributed by atoms with E-state index in [1.165, 1.54) is 11.1 Å². The first-order valence-corrected chi connectivity index (χ1v) is 25.6. The van der Waals surface area contributed by atoms with Crippen molar-refractivity contribution in [3.8, 4) is 34.1 Å². The summed E-state index contributed by atoms with van der Waals surface area (Å²) in [6, 6.07) is 44.3. The van der Waals surface area contributed by atoms with Gasteiger partial charge in [-0.15, -0.1) is 0 Å². The molecule has 0 aliphatic carbocycles. The summed E-state index contributed by atoms with van der Waals surface area (Å²) in [6.45, 7) is 23.6. The van der Waals surface area contributed by atoms with E-state index in [1.54, 1.807) is 36.4 Å². The Balaban J connectivity index is 0.997. The van der Waals surface area contributed by atoms with E-state index in [4.69, 9.17) is 9.47 Å². The molecule has 2 amide bonds. The third-order valence-corrected chi connectivity index (χ3v) is 15.3. The molecule has 0 saturated heterocycles. The topological polar surface area (TPSA) is 111 Å². The van der Waals surface area contributed by atoms with Crippen molar-refractivity contribution in [1.29, 1.82) is 0 Å². The number of rotatable bonds is 20. The molecule has 1 unspecified atom stereocenters. The molecule has 0 aliphatic heterocycles. The molecule has 8 heteroatoms. The summed E-state index contributed by atoms with van der Waals surface area (Å²) in [5, 5.41) is 6.37. The quantitative estimate of drug-likeness (QED) is 0.0736. The molecular formula is C65H70N2O6. The number of aryl methyl sites for hydroxylation is 4. The molecule has 376 valence electrons. The second-order valence-corrected chi connectivity index (χ2v) is 20.3. The van der Waals surface area contributed by atoms with Crippen LogP contribution in [-0.4, -0.2) is 24.4 Å². The van der Waals surface area contributed by atoms with E-state index in [1.807, 2.05) is 73.7 Å². The number of nitrogens with one attached hydrogen (secondary N) is 2. The molecule has 0 saturated carbocycles. The van der Waals surface area contributed by atoms with Crippen LogP contribution in [0.4, 0.5) is 5.69 Å². The smallest absolute Gasteiger partial charge is 0.256 e. The van der Waals surface area contributed by atoms with Gasteiger partial charge in [0, 0.05) is 22.2 Å². The van der Waals surface area contributed by atoms with Crippen LogP contribution in [-0.2, 0) is 16.4 Å². The fourth-order valence-electron chi connectivity index (χ4n) is 10.4. The summed E-state index contributed by atoms with van der Waals surface area (Å²) in [5.41, 5.74) is 12.0. The van der Waals surface area contributed by atoms with Crippen LogP contribution in [0.1, 0.15) is 167 Å². The Morgan fingerprint density at radius 2 is 1.05 bits per heavy atom. The molecule has 0 spiro atoms. The van der Waals surface area contributed by atoms with Crippen LogP contribution < -0.4 is 20.1 Å². The lowest BCUT2D eigenvalue weighted by Crippen LogP contribution is -2.46. The predicted molar refractivity (Wildman–Crippen MR) is 296 cm³/mol. The zero-order chi connectivity index (χ0) is 52.7. The van der Waals surface area contributed by atoms with E-state index >= 15 is 0 Å². The maximum atomic E-state index is 13.9. The molecular weight excluding hydrogens is 905 g/mol. The number of amides is 2. The molecule has 0 aliphatic rings. The number of carbonyl (C=O) groups is 4. The van der Waals surface area contributed by atoms with Crippen molar-refractivity contribution in [2.24, 2.45) is 0 Å². The van der Waals surface area contributed by atoms with Gasteiger partial charge in [0.25, 0.3) is 11.8 Å². The van der Waals surface area contributed by atoms with E-state index < -0.39 is 16.9 Å². The van der Waals surface area contributed by atoms with Gasteiger partial charge in [0.1, 0.15) is 23.0 Å². The number of anilines is 1. The van der Waals surface area contributed by atoms with Gasteiger partial charge >= 0.3 is 0 Å². The lowest BCUT2D eigenvalue weighted by molar-refractivity contribution is 0.0880. The maximum absolute atomic E-state index is 13.9. The van der Waals surface area contributed by atoms with Gasteiger partial charge in [0.05, 0.1) is 16.7 Å². The predicted octanol–water partition coefficient (Wildman–Crippen LogP) is 16.3. The lowest BCUT2D eigenvalue weighted by atomic mass is 9.75. The molecule has 0 aromatic heterocycles. The number of hydrogen-bond donors (Lipinski definition) is 2. The Morgan fingerprint density at radius 3 is 1.58 bits per heavy atom. The zero-order valence-electron chi connectivity index (χ0n) is 44.4. The summed E-state index contributed by atoms with van der Waals surface area (Å²) in [4.78, 5) is 52.3. The van der Waals surface area contributed by atoms with Crippen molar-refractivity contribution in [2.45, 2.75) is 125 Å². The van der Waals surface area contributed by atoms with Crippen molar-refractivity contribution in [3.63, 3.8) is 0 Å². The van der Waals surface area contributed by atoms with Crippen molar-refractivity contribution in [1.82, 2.24) is 5.32 Å². The largest absolute Gasteiger partial charge is 0.457 e. The maximum Gasteiger partial charge on any atom is 0.256 e. The number of carbonyl (C=O) groups excluding carboxylic acids is 4. The zero-order valence-corrected chi connectivity index (χ0v) is 44.4. The molecule has 1 atom stereocenters. The second kappa shape index (κ2) is 22.5. The summed E-state index contributed by atoms with van der Waals surface area (Å²) >= 11 is 0. The standard InChI is InChI=1S/C65H70N2O6/c1-12-35-65(15-4,60-42(5)17-16-18-43(60)6)67-62(71)56-32-31-54(38-49(56)41-69)72-52-27-22-50(23-28-52)63(9,10)51-24-29-53(30-25-51)73-55-26-19-48(40-68)57(39-55)61(70)66-59-34-21-47(37-45(59)8)46-20-33-58(44(7)36-46)64(11,13-2)14-3/h16-34,36-41H,12-15,35H2,1-11H3,(H,66,70)(H,67,71). The number of benzene rings is 7. The van der Waals surface area contributed by atoms with E-state index in [0.717, 1.165) is 70.2 Å². The molecule has 7 aromatic rings.